The van der Waals surface area contributed by atoms with Crippen LogP contribution in [0.5, 0.6) is 0 Å². The molecule has 1 unspecified atom stereocenters. The van der Waals surface area contributed by atoms with Gasteiger partial charge in [0, 0.05) is 19.6 Å². The van der Waals surface area contributed by atoms with Crippen LogP contribution >= 0.6 is 0 Å². The fourth-order valence-corrected chi connectivity index (χ4v) is 2.41. The normalized spacial score (nSPS) is 27.2. The second-order valence-electron chi connectivity index (χ2n) is 4.69. The molecule has 0 aromatic heterocycles. The molecule has 0 saturated carbocycles. The Morgan fingerprint density at radius 2 is 2.33 bits per heavy atom. The van der Waals surface area contributed by atoms with Gasteiger partial charge in [0.05, 0.1) is 0 Å². The Balaban J connectivity index is 1.85. The number of ether oxygens (including phenoxy) is 1. The van der Waals surface area contributed by atoms with Gasteiger partial charge in [-0.2, -0.15) is 0 Å². The lowest BCUT2D eigenvalue weighted by Crippen LogP contribution is -2.10. The summed E-state index contributed by atoms with van der Waals surface area (Å²) >= 11 is 0. The van der Waals surface area contributed by atoms with Crippen LogP contribution in [0.2, 0.25) is 0 Å². The Hall–Kier alpha value is -0.630. The zero-order chi connectivity index (χ0) is 10.5. The lowest BCUT2D eigenvalue weighted by Gasteiger charge is -2.08. The molecule has 1 atom stereocenters. The maximum atomic E-state index is 12.0. The van der Waals surface area contributed by atoms with Gasteiger partial charge in [0.15, 0.2) is 5.78 Å². The van der Waals surface area contributed by atoms with Crippen molar-refractivity contribution in [3.63, 3.8) is 0 Å². The molecule has 0 spiro atoms. The van der Waals surface area contributed by atoms with Crippen LogP contribution in [0.15, 0.2) is 11.6 Å². The molecule has 1 heterocycles. The van der Waals surface area contributed by atoms with Crippen molar-refractivity contribution in [1.29, 1.82) is 0 Å². The summed E-state index contributed by atoms with van der Waals surface area (Å²) in [6, 6.07) is 0. The molecule has 0 N–H and O–H groups in total. The summed E-state index contributed by atoms with van der Waals surface area (Å²) in [6.45, 7) is 1.63. The van der Waals surface area contributed by atoms with Crippen molar-refractivity contribution >= 4 is 5.78 Å². The van der Waals surface area contributed by atoms with Crippen molar-refractivity contribution in [3.05, 3.63) is 11.6 Å². The highest BCUT2D eigenvalue weighted by Crippen LogP contribution is 2.23. The number of rotatable bonds is 3. The van der Waals surface area contributed by atoms with Crippen molar-refractivity contribution < 1.29 is 9.53 Å². The van der Waals surface area contributed by atoms with Crippen LogP contribution in [0.1, 0.15) is 44.9 Å². The van der Waals surface area contributed by atoms with Gasteiger partial charge in [0.1, 0.15) is 0 Å². The molecule has 2 aliphatic rings. The highest BCUT2D eigenvalue weighted by Gasteiger charge is 2.21. The van der Waals surface area contributed by atoms with Gasteiger partial charge in [0.25, 0.3) is 0 Å². The predicted octanol–water partition coefficient (Wildman–Crippen LogP) is 2.87. The van der Waals surface area contributed by atoms with Crippen molar-refractivity contribution in [2.45, 2.75) is 44.9 Å². The van der Waals surface area contributed by atoms with E-state index in [-0.39, 0.29) is 0 Å². The number of carbonyl (C=O) groups is 1. The van der Waals surface area contributed by atoms with Gasteiger partial charge in [-0.05, 0) is 43.6 Å². The molecule has 2 nitrogen and oxygen atoms in total. The maximum Gasteiger partial charge on any atom is 0.158 e. The standard InChI is InChI=1S/C13H20O2/c14-13(9-11-7-8-15-10-11)12-5-3-1-2-4-6-12/h5,11H,1-4,6-10H2. The largest absolute Gasteiger partial charge is 0.381 e. The average Bonchev–Trinajstić information content (AvgIpc) is 2.58. The number of carbonyl (C=O) groups excluding carboxylic acids is 1. The monoisotopic (exact) mass is 208 g/mol. The van der Waals surface area contributed by atoms with Crippen molar-refractivity contribution in [2.75, 3.05) is 13.2 Å². The first-order chi connectivity index (χ1) is 7.36. The van der Waals surface area contributed by atoms with Gasteiger partial charge in [-0.1, -0.05) is 12.5 Å². The minimum absolute atomic E-state index is 0.382. The number of allylic oxidation sites excluding steroid dienone is 2. The molecule has 0 amide bonds. The zero-order valence-corrected chi connectivity index (χ0v) is 9.34. The molecule has 0 radical (unpaired) electrons. The molecule has 0 bridgehead atoms. The summed E-state index contributed by atoms with van der Waals surface area (Å²) in [5.74, 6) is 0.869. The van der Waals surface area contributed by atoms with Gasteiger partial charge >= 0.3 is 0 Å². The molecule has 1 aliphatic carbocycles. The highest BCUT2D eigenvalue weighted by atomic mass is 16.5. The van der Waals surface area contributed by atoms with Crippen LogP contribution in [0.25, 0.3) is 0 Å². The van der Waals surface area contributed by atoms with E-state index in [1.165, 1.54) is 19.3 Å². The molecule has 2 heteroatoms. The number of hydrogen-bond acceptors (Lipinski definition) is 2. The van der Waals surface area contributed by atoms with E-state index in [9.17, 15) is 4.79 Å². The summed E-state index contributed by atoms with van der Waals surface area (Å²) in [6.07, 6.45) is 9.78. The fourth-order valence-electron chi connectivity index (χ4n) is 2.41. The lowest BCUT2D eigenvalue weighted by atomic mass is 9.95. The minimum Gasteiger partial charge on any atom is -0.381 e. The van der Waals surface area contributed by atoms with Crippen LogP contribution in [0.4, 0.5) is 0 Å². The molecule has 0 aromatic rings. The van der Waals surface area contributed by atoms with E-state index in [0.717, 1.165) is 38.0 Å². The van der Waals surface area contributed by atoms with Gasteiger partial charge in [-0.25, -0.2) is 0 Å². The fraction of sp³-hybridized carbons (Fsp3) is 0.769. The van der Waals surface area contributed by atoms with E-state index in [1.54, 1.807) is 0 Å². The third-order valence-electron chi connectivity index (χ3n) is 3.40. The first kappa shape index (κ1) is 10.9. The molecule has 2 rings (SSSR count). The number of Topliss-reactive ketones (excluding diaryl/α,β-unsaturated/α-hetero) is 1. The summed E-state index contributed by atoms with van der Waals surface area (Å²) in [5.41, 5.74) is 1.10. The van der Waals surface area contributed by atoms with Crippen molar-refractivity contribution in [3.8, 4) is 0 Å². The Labute approximate surface area is 91.7 Å². The smallest absolute Gasteiger partial charge is 0.158 e. The molecule has 1 saturated heterocycles. The third kappa shape index (κ3) is 3.16. The van der Waals surface area contributed by atoms with Crippen LogP contribution in [0.3, 0.4) is 0 Å². The third-order valence-corrected chi connectivity index (χ3v) is 3.40. The molecular formula is C13H20O2. The van der Waals surface area contributed by atoms with E-state index < -0.39 is 0 Å². The van der Waals surface area contributed by atoms with E-state index in [4.69, 9.17) is 4.74 Å². The van der Waals surface area contributed by atoms with Crippen molar-refractivity contribution in [2.24, 2.45) is 5.92 Å². The van der Waals surface area contributed by atoms with E-state index in [2.05, 4.69) is 6.08 Å². The van der Waals surface area contributed by atoms with Crippen LogP contribution in [-0.2, 0) is 9.53 Å². The van der Waals surface area contributed by atoms with Gasteiger partial charge in [-0.15, -0.1) is 0 Å². The van der Waals surface area contributed by atoms with Crippen LogP contribution in [0, 0.1) is 5.92 Å². The quantitative estimate of drug-likeness (QED) is 0.713. The first-order valence-corrected chi connectivity index (χ1v) is 6.16. The Kier molecular flexibility index (Phi) is 3.95. The summed E-state index contributed by atoms with van der Waals surface area (Å²) in [4.78, 5) is 12.0. The molecule has 15 heavy (non-hydrogen) atoms. The summed E-state index contributed by atoms with van der Waals surface area (Å²) < 4.78 is 5.30. The minimum atomic E-state index is 0.382. The molecule has 0 aromatic carbocycles. The Morgan fingerprint density at radius 3 is 3.13 bits per heavy atom. The Morgan fingerprint density at radius 1 is 1.40 bits per heavy atom. The van der Waals surface area contributed by atoms with E-state index >= 15 is 0 Å². The molecule has 1 aliphatic heterocycles. The van der Waals surface area contributed by atoms with Gasteiger partial charge < -0.3 is 4.74 Å². The number of hydrogen-bond donors (Lipinski definition) is 0. The second kappa shape index (κ2) is 5.45. The second-order valence-corrected chi connectivity index (χ2v) is 4.69. The summed E-state index contributed by atoms with van der Waals surface area (Å²) in [5, 5.41) is 0. The van der Waals surface area contributed by atoms with Gasteiger partial charge in [-0.3, -0.25) is 4.79 Å². The summed E-state index contributed by atoms with van der Waals surface area (Å²) in [7, 11) is 0. The number of ketones is 1. The highest BCUT2D eigenvalue weighted by molar-refractivity contribution is 5.95. The van der Waals surface area contributed by atoms with Gasteiger partial charge in [0.2, 0.25) is 0 Å². The van der Waals surface area contributed by atoms with Crippen LogP contribution < -0.4 is 0 Å². The van der Waals surface area contributed by atoms with Crippen LogP contribution in [-0.4, -0.2) is 19.0 Å². The SMILES string of the molecule is O=C(CC1CCOC1)C1=CCCCCC1. The van der Waals surface area contributed by atoms with Crippen molar-refractivity contribution in [1.82, 2.24) is 0 Å². The average molecular weight is 208 g/mol. The first-order valence-electron chi connectivity index (χ1n) is 6.16. The maximum absolute atomic E-state index is 12.0. The molecule has 1 fully saturated rings. The van der Waals surface area contributed by atoms with E-state index in [1.807, 2.05) is 0 Å². The zero-order valence-electron chi connectivity index (χ0n) is 9.34. The lowest BCUT2D eigenvalue weighted by molar-refractivity contribution is -0.116. The van der Waals surface area contributed by atoms with E-state index in [0.29, 0.717) is 18.1 Å². The predicted molar refractivity (Wildman–Crippen MR) is 59.7 cm³/mol. The Bertz CT molecular complexity index is 249. The molecule has 84 valence electrons. The molecular weight excluding hydrogens is 188 g/mol. The topological polar surface area (TPSA) is 26.3 Å².